The van der Waals surface area contributed by atoms with Crippen LogP contribution in [0.5, 0.6) is 23.0 Å². The Morgan fingerprint density at radius 1 is 0.750 bits per heavy atom. The molecule has 1 aliphatic heterocycles. The van der Waals surface area contributed by atoms with Gasteiger partial charge in [-0.15, -0.1) is 0 Å². The highest BCUT2D eigenvalue weighted by atomic mass is 16.6. The molecule has 0 radical (unpaired) electrons. The lowest BCUT2D eigenvalue weighted by Crippen LogP contribution is -2.33. The quantitative estimate of drug-likeness (QED) is 0.0957. The number of rotatable bonds is 1. The molecular formula is C19H16O13. The smallest absolute Gasteiger partial charge is 0.344 e. The van der Waals surface area contributed by atoms with Gasteiger partial charge in [-0.1, -0.05) is 0 Å². The van der Waals surface area contributed by atoms with E-state index in [-0.39, 0.29) is 21.5 Å². The van der Waals surface area contributed by atoms with Crippen molar-refractivity contribution in [2.24, 2.45) is 0 Å². The van der Waals surface area contributed by atoms with Gasteiger partial charge in [0, 0.05) is 10.8 Å². The number of phenolic OH excluding ortho intramolecular Hbond substituents is 4. The van der Waals surface area contributed by atoms with Crippen molar-refractivity contribution in [1.82, 2.24) is 0 Å². The Balaban J connectivity index is 0.000000207. The van der Waals surface area contributed by atoms with Crippen LogP contribution in [0.3, 0.4) is 0 Å². The molecule has 3 heterocycles. The normalized spacial score (nSPS) is 23.1. The lowest BCUT2D eigenvalue weighted by molar-refractivity contribution is -0.132. The van der Waals surface area contributed by atoms with Gasteiger partial charge in [0.15, 0.2) is 29.0 Å². The zero-order valence-corrected chi connectivity index (χ0v) is 15.8. The highest BCUT2D eigenvalue weighted by Gasteiger charge is 2.41. The molecule has 13 nitrogen and oxygen atoms in total. The van der Waals surface area contributed by atoms with E-state index in [9.17, 15) is 30.0 Å². The van der Waals surface area contributed by atoms with E-state index in [1.54, 1.807) is 0 Å². The third kappa shape index (κ3) is 3.07. The lowest BCUT2D eigenvalue weighted by Gasteiger charge is -2.10. The van der Waals surface area contributed by atoms with Gasteiger partial charge in [0.25, 0.3) is 0 Å². The summed E-state index contributed by atoms with van der Waals surface area (Å²) in [7, 11) is 0. The van der Waals surface area contributed by atoms with Crippen LogP contribution in [0.1, 0.15) is 0 Å². The number of benzene rings is 2. The highest BCUT2D eigenvalue weighted by Crippen LogP contribution is 2.44. The molecule has 32 heavy (non-hydrogen) atoms. The first-order valence-corrected chi connectivity index (χ1v) is 8.99. The molecule has 1 saturated heterocycles. The number of aliphatic hydroxyl groups excluding tert-OH is 4. The largest absolute Gasteiger partial charge is 0.504 e. The van der Waals surface area contributed by atoms with E-state index < -0.39 is 76.6 Å². The molecule has 2 aromatic carbocycles. The van der Waals surface area contributed by atoms with Gasteiger partial charge in [-0.2, -0.15) is 0 Å². The van der Waals surface area contributed by atoms with Gasteiger partial charge < -0.3 is 54.4 Å². The van der Waals surface area contributed by atoms with Crippen molar-refractivity contribution in [2.75, 3.05) is 6.61 Å². The Morgan fingerprint density at radius 3 is 1.50 bits per heavy atom. The molecule has 5 rings (SSSR count). The second kappa shape index (κ2) is 7.51. The molecule has 1 fully saturated rings. The molecule has 1 aliphatic rings. The summed E-state index contributed by atoms with van der Waals surface area (Å²) in [6.07, 6.45) is -4.76. The van der Waals surface area contributed by atoms with Gasteiger partial charge in [0.1, 0.15) is 18.3 Å². The van der Waals surface area contributed by atoms with Crippen LogP contribution in [0.2, 0.25) is 0 Å². The van der Waals surface area contributed by atoms with Gasteiger partial charge in [0.05, 0.1) is 17.4 Å². The molecule has 4 aromatic rings. The minimum Gasteiger partial charge on any atom is -0.504 e. The summed E-state index contributed by atoms with van der Waals surface area (Å²) >= 11 is 0. The summed E-state index contributed by atoms with van der Waals surface area (Å²) in [4.78, 5) is 24.0. The Bertz CT molecular complexity index is 1340. The molecule has 0 bridgehead atoms. The minimum absolute atomic E-state index is 0.00597. The summed E-state index contributed by atoms with van der Waals surface area (Å²) < 4.78 is 14.4. The second-order valence-corrected chi connectivity index (χ2v) is 7.00. The van der Waals surface area contributed by atoms with Crippen molar-refractivity contribution in [3.63, 3.8) is 0 Å². The standard InChI is InChI=1S/C14H6O8.C5H10O5/c15-5-1-3-7-8-4(14(20)22-11(7)9(5)17)2-6(16)10(18)12(8)21-13(3)19;6-1-2-3(7)4(8)5(9)10-2/h1-2,15-18H;2-9H,1H2/t;2-,3+,4-,5?/m.1/s1. The summed E-state index contributed by atoms with van der Waals surface area (Å²) in [6.45, 7) is -0.407. The van der Waals surface area contributed by atoms with E-state index in [0.717, 1.165) is 12.1 Å². The number of phenols is 4. The maximum Gasteiger partial charge on any atom is 0.344 e. The first-order valence-electron chi connectivity index (χ1n) is 8.99. The number of aromatic hydroxyl groups is 4. The minimum atomic E-state index is -1.38. The van der Waals surface area contributed by atoms with E-state index in [4.69, 9.17) is 29.3 Å². The van der Waals surface area contributed by atoms with E-state index >= 15 is 0 Å². The Labute approximate surface area is 175 Å². The van der Waals surface area contributed by atoms with Crippen molar-refractivity contribution in [3.8, 4) is 23.0 Å². The maximum absolute atomic E-state index is 12.0. The predicted molar refractivity (Wildman–Crippen MR) is 104 cm³/mol. The molecule has 1 unspecified atom stereocenters. The first-order chi connectivity index (χ1) is 15.1. The number of aliphatic hydroxyl groups is 4. The van der Waals surface area contributed by atoms with Crippen LogP contribution in [-0.4, -0.2) is 72.1 Å². The van der Waals surface area contributed by atoms with E-state index in [2.05, 4.69) is 4.74 Å². The van der Waals surface area contributed by atoms with Gasteiger partial charge in [-0.25, -0.2) is 9.59 Å². The highest BCUT2D eigenvalue weighted by molar-refractivity contribution is 6.22. The van der Waals surface area contributed by atoms with Gasteiger partial charge in [-0.3, -0.25) is 0 Å². The Hall–Kier alpha value is -3.62. The van der Waals surface area contributed by atoms with Crippen molar-refractivity contribution in [3.05, 3.63) is 33.0 Å². The zero-order valence-electron chi connectivity index (χ0n) is 15.8. The molecule has 0 spiro atoms. The molecule has 13 heteroatoms. The molecule has 170 valence electrons. The molecule has 0 saturated carbocycles. The van der Waals surface area contributed by atoms with E-state index in [1.165, 1.54) is 0 Å². The lowest BCUT2D eigenvalue weighted by atomic mass is 10.0. The van der Waals surface area contributed by atoms with Crippen molar-refractivity contribution in [2.45, 2.75) is 24.6 Å². The monoisotopic (exact) mass is 452 g/mol. The molecule has 0 aliphatic carbocycles. The molecule has 2 aromatic heterocycles. The van der Waals surface area contributed by atoms with Crippen LogP contribution < -0.4 is 11.3 Å². The third-order valence-corrected chi connectivity index (χ3v) is 5.07. The maximum atomic E-state index is 12.0. The van der Waals surface area contributed by atoms with Crippen LogP contribution in [0, 0.1) is 0 Å². The van der Waals surface area contributed by atoms with Crippen LogP contribution >= 0.6 is 0 Å². The number of ether oxygens (including phenoxy) is 1. The predicted octanol–water partition coefficient (Wildman–Crippen LogP) is -1.27. The zero-order chi connectivity index (χ0) is 23.5. The van der Waals surface area contributed by atoms with Gasteiger partial charge >= 0.3 is 11.3 Å². The summed E-state index contributed by atoms with van der Waals surface area (Å²) in [6, 6.07) is 1.93. The fraction of sp³-hybridized carbons (Fsp3) is 0.263. The second-order valence-electron chi connectivity index (χ2n) is 7.00. The molecular weight excluding hydrogens is 436 g/mol. The Kier molecular flexibility index (Phi) is 5.07. The van der Waals surface area contributed by atoms with Gasteiger partial charge in [-0.05, 0) is 12.1 Å². The summed E-state index contributed by atoms with van der Waals surface area (Å²) in [5.74, 6) is -2.75. The van der Waals surface area contributed by atoms with Crippen LogP contribution in [0.25, 0.3) is 32.7 Å². The average molecular weight is 452 g/mol. The molecule has 8 N–H and O–H groups in total. The topological polar surface area (TPSA) is 231 Å². The van der Waals surface area contributed by atoms with E-state index in [0.29, 0.717) is 0 Å². The average Bonchev–Trinajstić information content (AvgIpc) is 3.01. The molecule has 4 atom stereocenters. The third-order valence-electron chi connectivity index (χ3n) is 5.07. The fourth-order valence-corrected chi connectivity index (χ4v) is 3.46. The van der Waals surface area contributed by atoms with Gasteiger partial charge in [0.2, 0.25) is 11.5 Å². The summed E-state index contributed by atoms with van der Waals surface area (Å²) in [5, 5.41) is 73.6. The van der Waals surface area contributed by atoms with Crippen LogP contribution in [-0.2, 0) is 4.74 Å². The van der Waals surface area contributed by atoms with Crippen molar-refractivity contribution < 1.29 is 54.4 Å². The first kappa shape index (κ1) is 21.6. The van der Waals surface area contributed by atoms with E-state index in [1.807, 2.05) is 0 Å². The SMILES string of the molecule is O=c1oc2c(O)c(O)cc3c(=O)oc4c(O)c(O)cc1c4c23.OC[C@H]1OC(O)[C@H](O)[C@H]1O. The number of hydrogen-bond acceptors (Lipinski definition) is 13. The molecule has 0 amide bonds. The van der Waals surface area contributed by atoms with Crippen LogP contribution in [0.15, 0.2) is 30.6 Å². The summed E-state index contributed by atoms with van der Waals surface area (Å²) in [5.41, 5.74) is -2.70. The number of hydrogen-bond donors (Lipinski definition) is 8. The van der Waals surface area contributed by atoms with Crippen molar-refractivity contribution >= 4 is 32.7 Å². The Morgan fingerprint density at radius 2 is 1.19 bits per heavy atom. The fourth-order valence-electron chi connectivity index (χ4n) is 3.46. The van der Waals surface area contributed by atoms with Crippen LogP contribution in [0.4, 0.5) is 0 Å². The van der Waals surface area contributed by atoms with Crippen molar-refractivity contribution in [1.29, 1.82) is 0 Å².